The van der Waals surface area contributed by atoms with Gasteiger partial charge in [0, 0.05) is 6.04 Å². The molecule has 88 valence electrons. The van der Waals surface area contributed by atoms with Gasteiger partial charge in [0.15, 0.2) is 0 Å². The molecule has 2 atom stereocenters. The number of rotatable bonds is 4. The molecule has 1 fully saturated rings. The van der Waals surface area contributed by atoms with E-state index in [0.29, 0.717) is 23.3 Å². The molecule has 1 aromatic carbocycles. The van der Waals surface area contributed by atoms with Crippen molar-refractivity contribution in [2.75, 3.05) is 19.7 Å². The molecule has 0 aliphatic carbocycles. The first-order valence-corrected chi connectivity index (χ1v) is 5.99. The molecule has 1 aromatic rings. The molecule has 1 saturated heterocycles. The lowest BCUT2D eigenvalue weighted by Crippen LogP contribution is -2.37. The van der Waals surface area contributed by atoms with Gasteiger partial charge in [-0.25, -0.2) is 0 Å². The number of hydrogen-bond donors (Lipinski definition) is 2. The summed E-state index contributed by atoms with van der Waals surface area (Å²) < 4.78 is 5.63. The molecule has 4 heteroatoms. The molecule has 0 amide bonds. The summed E-state index contributed by atoms with van der Waals surface area (Å²) in [6.07, 6.45) is 1.13. The smallest absolute Gasteiger partial charge is 0.137 e. The van der Waals surface area contributed by atoms with E-state index in [9.17, 15) is 0 Å². The highest BCUT2D eigenvalue weighted by molar-refractivity contribution is 6.32. The maximum Gasteiger partial charge on any atom is 0.137 e. The van der Waals surface area contributed by atoms with Gasteiger partial charge in [-0.05, 0) is 37.6 Å². The van der Waals surface area contributed by atoms with E-state index in [0.717, 1.165) is 19.5 Å². The summed E-state index contributed by atoms with van der Waals surface area (Å²) in [7, 11) is 0. The van der Waals surface area contributed by atoms with Crippen LogP contribution in [0.15, 0.2) is 24.3 Å². The Balaban J connectivity index is 1.84. The molecule has 2 unspecified atom stereocenters. The molecule has 0 radical (unpaired) electrons. The molecular weight excluding hydrogens is 224 g/mol. The van der Waals surface area contributed by atoms with E-state index in [4.69, 9.17) is 22.1 Å². The Bertz CT molecular complexity index is 340. The van der Waals surface area contributed by atoms with E-state index in [1.165, 1.54) is 0 Å². The first-order chi connectivity index (χ1) is 7.77. The van der Waals surface area contributed by atoms with Crippen LogP contribution in [-0.2, 0) is 0 Å². The SMILES string of the molecule is NC(COc1ccccc1Cl)C1CCNC1. The van der Waals surface area contributed by atoms with E-state index in [1.54, 1.807) is 0 Å². The Kier molecular flexibility index (Phi) is 4.04. The number of halogens is 1. The van der Waals surface area contributed by atoms with Gasteiger partial charge in [-0.1, -0.05) is 23.7 Å². The Hall–Kier alpha value is -0.770. The van der Waals surface area contributed by atoms with Gasteiger partial charge < -0.3 is 15.8 Å². The van der Waals surface area contributed by atoms with Gasteiger partial charge >= 0.3 is 0 Å². The molecule has 0 spiro atoms. The van der Waals surface area contributed by atoms with Crippen molar-refractivity contribution in [3.05, 3.63) is 29.3 Å². The van der Waals surface area contributed by atoms with Crippen molar-refractivity contribution in [1.29, 1.82) is 0 Å². The molecule has 0 bridgehead atoms. The zero-order valence-electron chi connectivity index (χ0n) is 9.16. The molecule has 0 aromatic heterocycles. The van der Waals surface area contributed by atoms with Gasteiger partial charge in [-0.3, -0.25) is 0 Å². The van der Waals surface area contributed by atoms with Crippen LogP contribution in [0.2, 0.25) is 5.02 Å². The largest absolute Gasteiger partial charge is 0.490 e. The average molecular weight is 241 g/mol. The fourth-order valence-electron chi connectivity index (χ4n) is 1.93. The molecule has 3 nitrogen and oxygen atoms in total. The Morgan fingerprint density at radius 2 is 2.31 bits per heavy atom. The van der Waals surface area contributed by atoms with Crippen LogP contribution < -0.4 is 15.8 Å². The van der Waals surface area contributed by atoms with Gasteiger partial charge in [0.1, 0.15) is 12.4 Å². The quantitative estimate of drug-likeness (QED) is 0.842. The predicted octanol–water partition coefficient (Wildman–Crippen LogP) is 1.66. The van der Waals surface area contributed by atoms with E-state index in [2.05, 4.69) is 5.32 Å². The van der Waals surface area contributed by atoms with Crippen LogP contribution in [-0.4, -0.2) is 25.7 Å². The van der Waals surface area contributed by atoms with E-state index in [1.807, 2.05) is 24.3 Å². The van der Waals surface area contributed by atoms with Crippen LogP contribution in [0, 0.1) is 5.92 Å². The molecule has 3 N–H and O–H groups in total. The fourth-order valence-corrected chi connectivity index (χ4v) is 2.12. The zero-order valence-corrected chi connectivity index (χ0v) is 9.91. The number of nitrogens with one attached hydrogen (secondary N) is 1. The molecule has 0 saturated carbocycles. The number of para-hydroxylation sites is 1. The van der Waals surface area contributed by atoms with Crippen LogP contribution in [0.4, 0.5) is 0 Å². The highest BCUT2D eigenvalue weighted by Crippen LogP contribution is 2.23. The van der Waals surface area contributed by atoms with Crippen LogP contribution in [0.5, 0.6) is 5.75 Å². The highest BCUT2D eigenvalue weighted by Gasteiger charge is 2.22. The third-order valence-electron chi connectivity index (χ3n) is 2.97. The lowest BCUT2D eigenvalue weighted by molar-refractivity contribution is 0.252. The summed E-state index contributed by atoms with van der Waals surface area (Å²) in [5.74, 6) is 1.23. The van der Waals surface area contributed by atoms with Crippen molar-refractivity contribution in [3.63, 3.8) is 0 Å². The summed E-state index contributed by atoms with van der Waals surface area (Å²) in [4.78, 5) is 0. The van der Waals surface area contributed by atoms with Gasteiger partial charge in [0.2, 0.25) is 0 Å². The Labute approximate surface area is 101 Å². The maximum atomic E-state index is 6.07. The van der Waals surface area contributed by atoms with Crippen LogP contribution >= 0.6 is 11.6 Å². The summed E-state index contributed by atoms with van der Waals surface area (Å²) in [5, 5.41) is 3.94. The summed E-state index contributed by atoms with van der Waals surface area (Å²) in [5.41, 5.74) is 6.07. The van der Waals surface area contributed by atoms with Crippen molar-refractivity contribution >= 4 is 11.6 Å². The van der Waals surface area contributed by atoms with Crippen molar-refractivity contribution in [3.8, 4) is 5.75 Å². The van der Waals surface area contributed by atoms with Crippen LogP contribution in [0.25, 0.3) is 0 Å². The summed E-state index contributed by atoms with van der Waals surface area (Å²) >= 11 is 5.99. The second-order valence-electron chi connectivity index (χ2n) is 4.16. The van der Waals surface area contributed by atoms with Gasteiger partial charge in [0.05, 0.1) is 5.02 Å². The first kappa shape index (κ1) is 11.7. The van der Waals surface area contributed by atoms with E-state index >= 15 is 0 Å². The van der Waals surface area contributed by atoms with Gasteiger partial charge in [-0.15, -0.1) is 0 Å². The van der Waals surface area contributed by atoms with E-state index < -0.39 is 0 Å². The molecule has 1 aliphatic heterocycles. The number of nitrogens with two attached hydrogens (primary N) is 1. The van der Waals surface area contributed by atoms with Crippen molar-refractivity contribution in [1.82, 2.24) is 5.32 Å². The Morgan fingerprint density at radius 1 is 1.50 bits per heavy atom. The Morgan fingerprint density at radius 3 is 3.00 bits per heavy atom. The molecule has 16 heavy (non-hydrogen) atoms. The molecule has 1 heterocycles. The highest BCUT2D eigenvalue weighted by atomic mass is 35.5. The standard InChI is InChI=1S/C12H17ClN2O/c13-10-3-1-2-4-12(10)16-8-11(14)9-5-6-15-7-9/h1-4,9,11,15H,5-8,14H2. The molecule has 2 rings (SSSR count). The maximum absolute atomic E-state index is 6.07. The van der Waals surface area contributed by atoms with Crippen molar-refractivity contribution < 1.29 is 4.74 Å². The van der Waals surface area contributed by atoms with Crippen LogP contribution in [0.3, 0.4) is 0 Å². The van der Waals surface area contributed by atoms with Gasteiger partial charge in [-0.2, -0.15) is 0 Å². The number of hydrogen-bond acceptors (Lipinski definition) is 3. The number of ether oxygens (including phenoxy) is 1. The van der Waals surface area contributed by atoms with Gasteiger partial charge in [0.25, 0.3) is 0 Å². The van der Waals surface area contributed by atoms with Crippen molar-refractivity contribution in [2.45, 2.75) is 12.5 Å². The average Bonchev–Trinajstić information content (AvgIpc) is 2.81. The third kappa shape index (κ3) is 2.88. The molecular formula is C12H17ClN2O. The monoisotopic (exact) mass is 240 g/mol. The minimum absolute atomic E-state index is 0.0753. The minimum atomic E-state index is 0.0753. The summed E-state index contributed by atoms with van der Waals surface area (Å²) in [6, 6.07) is 7.55. The first-order valence-electron chi connectivity index (χ1n) is 5.61. The normalized spacial score (nSPS) is 22.0. The van der Waals surface area contributed by atoms with Crippen molar-refractivity contribution in [2.24, 2.45) is 11.7 Å². The fraction of sp³-hybridized carbons (Fsp3) is 0.500. The number of benzene rings is 1. The topological polar surface area (TPSA) is 47.3 Å². The minimum Gasteiger partial charge on any atom is -0.490 e. The lowest BCUT2D eigenvalue weighted by atomic mass is 10.0. The second-order valence-corrected chi connectivity index (χ2v) is 4.57. The summed E-state index contributed by atoms with van der Waals surface area (Å²) in [6.45, 7) is 2.58. The zero-order chi connectivity index (χ0) is 11.4. The predicted molar refractivity (Wildman–Crippen MR) is 65.9 cm³/mol. The van der Waals surface area contributed by atoms with Crippen LogP contribution in [0.1, 0.15) is 6.42 Å². The third-order valence-corrected chi connectivity index (χ3v) is 3.28. The molecule has 1 aliphatic rings. The lowest BCUT2D eigenvalue weighted by Gasteiger charge is -2.19. The van der Waals surface area contributed by atoms with E-state index in [-0.39, 0.29) is 6.04 Å². The second kappa shape index (κ2) is 5.53.